The van der Waals surface area contributed by atoms with E-state index in [-0.39, 0.29) is 11.9 Å². The molecule has 2 aromatic carbocycles. The highest BCUT2D eigenvalue weighted by atomic mass is 35.5. The van der Waals surface area contributed by atoms with Crippen LogP contribution < -0.4 is 15.0 Å². The maximum absolute atomic E-state index is 14.7. The van der Waals surface area contributed by atoms with Gasteiger partial charge >= 0.3 is 0 Å². The van der Waals surface area contributed by atoms with E-state index in [1.165, 1.54) is 25.6 Å². The lowest BCUT2D eigenvalue weighted by molar-refractivity contribution is -0.132. The van der Waals surface area contributed by atoms with Crippen molar-refractivity contribution in [1.82, 2.24) is 39.4 Å². The van der Waals surface area contributed by atoms with Crippen LogP contribution in [0.3, 0.4) is 0 Å². The number of pyridine rings is 1. The van der Waals surface area contributed by atoms with Crippen LogP contribution in [0, 0.1) is 5.82 Å². The first-order valence-electron chi connectivity index (χ1n) is 17.8. The molecule has 1 saturated heterocycles. The molecule has 4 bridgehead atoms. The molecule has 2 atom stereocenters. The van der Waals surface area contributed by atoms with Crippen molar-refractivity contribution in [3.63, 3.8) is 0 Å². The number of aryl methyl sites for hydroxylation is 2. The zero-order valence-corrected chi connectivity index (χ0v) is 30.5. The largest absolute Gasteiger partial charge is 0.494 e. The topological polar surface area (TPSA) is 119 Å². The zero-order chi connectivity index (χ0) is 36.4. The van der Waals surface area contributed by atoms with E-state index in [1.807, 2.05) is 60.8 Å². The van der Waals surface area contributed by atoms with Gasteiger partial charge in [-0.15, -0.1) is 11.6 Å². The highest BCUT2D eigenvalue weighted by Gasteiger charge is 2.41. The number of carbonyl (C=O) groups excluding carboxylic acids is 1. The summed E-state index contributed by atoms with van der Waals surface area (Å²) >= 11 is 6.17. The number of alkyl halides is 1. The van der Waals surface area contributed by atoms with E-state index >= 15 is 0 Å². The third-order valence-electron chi connectivity index (χ3n) is 9.64. The number of amides is 1. The second-order valence-corrected chi connectivity index (χ2v) is 13.1. The molecule has 6 heterocycles. The number of nitrogens with one attached hydrogen (secondary N) is 1. The van der Waals surface area contributed by atoms with Crippen LogP contribution in [0.5, 0.6) is 5.75 Å². The van der Waals surface area contributed by atoms with Gasteiger partial charge in [-0.1, -0.05) is 32.0 Å². The third-order valence-corrected chi connectivity index (χ3v) is 9.91. The number of hydrogen-bond donors (Lipinski definition) is 1. The normalized spacial score (nSPS) is 17.4. The van der Waals surface area contributed by atoms with Crippen LogP contribution >= 0.6 is 11.6 Å². The van der Waals surface area contributed by atoms with Crippen LogP contribution in [0.1, 0.15) is 38.8 Å². The Morgan fingerprint density at radius 1 is 1.10 bits per heavy atom. The minimum atomic E-state index is -0.515. The van der Waals surface area contributed by atoms with E-state index in [0.29, 0.717) is 66.6 Å². The summed E-state index contributed by atoms with van der Waals surface area (Å²) < 4.78 is 23.1. The van der Waals surface area contributed by atoms with Crippen LogP contribution in [0.25, 0.3) is 38.9 Å². The number of anilines is 2. The predicted octanol–water partition coefficient (Wildman–Crippen LogP) is 6.40. The Hall–Kier alpha value is -5.30. The molecule has 2 aliphatic heterocycles. The second-order valence-electron chi connectivity index (χ2n) is 12.7. The fourth-order valence-electron chi connectivity index (χ4n) is 7.39. The highest BCUT2D eigenvalue weighted by molar-refractivity contribution is 6.17. The minimum absolute atomic E-state index is 0.0194. The molecule has 1 N–H and O–H groups in total. The van der Waals surface area contributed by atoms with E-state index in [9.17, 15) is 9.18 Å². The molecule has 2 aliphatic rings. The number of ether oxygens (including phenoxy) is 1. The highest BCUT2D eigenvalue weighted by Crippen LogP contribution is 2.35. The summed E-state index contributed by atoms with van der Waals surface area (Å²) in [4.78, 5) is 33.0. The molecule has 1 fully saturated rings. The number of carbonyl (C=O) groups is 1. The van der Waals surface area contributed by atoms with Crippen molar-refractivity contribution >= 4 is 51.1 Å². The zero-order valence-electron chi connectivity index (χ0n) is 29.8. The summed E-state index contributed by atoms with van der Waals surface area (Å²) in [5.74, 6) is 1.69. The Labute approximate surface area is 306 Å². The molecule has 12 nitrogen and oxygen atoms in total. The van der Waals surface area contributed by atoms with Gasteiger partial charge in [0.2, 0.25) is 5.91 Å². The van der Waals surface area contributed by atoms with Crippen molar-refractivity contribution < 1.29 is 13.9 Å². The summed E-state index contributed by atoms with van der Waals surface area (Å²) in [6.45, 7) is 5.61. The van der Waals surface area contributed by atoms with Gasteiger partial charge in [-0.2, -0.15) is 10.2 Å². The van der Waals surface area contributed by atoms with Crippen molar-refractivity contribution in [2.45, 2.75) is 51.6 Å². The lowest BCUT2D eigenvalue weighted by atomic mass is 10.0. The maximum atomic E-state index is 14.7. The van der Waals surface area contributed by atoms with Crippen LogP contribution in [-0.4, -0.2) is 90.0 Å². The van der Waals surface area contributed by atoms with Gasteiger partial charge < -0.3 is 19.9 Å². The standard InChI is InChI=1S/C36H36ClFN10O2.C2H6/c1-45-29-10-5-15-46(16-6-14-37)36(49)30-18-23(42-32-11-4-8-26(43-32)24-7-3-9-27(44-45)33(24)29)20-47(30)34-25-19-41-48(35(25)40-21-39-34)28-13-12-22(38)17-31(28)50-2;1-2/h3-4,7-9,11-13,17,19,21,23,30H,5-6,10,14-16,18,20H2,1-2H3,(H,42,43);1-2H3. The Kier molecular flexibility index (Phi) is 10.2. The predicted molar refractivity (Wildman–Crippen MR) is 202 cm³/mol. The average molecular weight is 725 g/mol. The van der Waals surface area contributed by atoms with Crippen molar-refractivity contribution in [2.75, 3.05) is 42.8 Å². The first-order valence-corrected chi connectivity index (χ1v) is 18.3. The van der Waals surface area contributed by atoms with Gasteiger partial charge in [0.25, 0.3) is 0 Å². The summed E-state index contributed by atoms with van der Waals surface area (Å²) in [5, 5.41) is 14.8. The van der Waals surface area contributed by atoms with Gasteiger partial charge in [0, 0.05) is 61.3 Å². The molecule has 270 valence electrons. The fraction of sp³-hybridized carbons (Fsp3) is 0.368. The first kappa shape index (κ1) is 35.1. The Morgan fingerprint density at radius 2 is 1.94 bits per heavy atom. The monoisotopic (exact) mass is 724 g/mol. The first-order chi connectivity index (χ1) is 25.4. The maximum Gasteiger partial charge on any atom is 0.245 e. The SMILES string of the molecule is CC.COc1cc(F)ccc1-n1ncc2c(N3CC4CC3C(=O)N(CCCCl)CCCc3c5c(cccc5nn3C)-c3cccc(n3)N4)ncnc21. The van der Waals surface area contributed by atoms with Crippen molar-refractivity contribution in [1.29, 1.82) is 0 Å². The number of rotatable bonds is 6. The Bertz CT molecular complexity index is 2220. The Balaban J connectivity index is 0.00000207. The molecule has 4 aromatic heterocycles. The number of benzene rings is 2. The van der Waals surface area contributed by atoms with E-state index < -0.39 is 11.9 Å². The average Bonchev–Trinajstić information content (AvgIpc) is 3.88. The van der Waals surface area contributed by atoms with Crippen LogP contribution in [-0.2, 0) is 18.3 Å². The summed E-state index contributed by atoms with van der Waals surface area (Å²) in [5.41, 5.74) is 4.97. The van der Waals surface area contributed by atoms with Gasteiger partial charge in [0.15, 0.2) is 5.65 Å². The minimum Gasteiger partial charge on any atom is -0.494 e. The second kappa shape index (κ2) is 15.1. The molecule has 2 unspecified atom stereocenters. The summed E-state index contributed by atoms with van der Waals surface area (Å²) in [6.07, 6.45) is 5.87. The molecule has 1 amide bonds. The van der Waals surface area contributed by atoms with Gasteiger partial charge in [-0.05, 0) is 56.0 Å². The quantitative estimate of drug-likeness (QED) is 0.195. The van der Waals surface area contributed by atoms with E-state index in [4.69, 9.17) is 31.4 Å². The number of hydrogen-bond acceptors (Lipinski definition) is 9. The number of halogens is 2. The molecule has 14 heteroatoms. The fourth-order valence-corrected chi connectivity index (χ4v) is 7.51. The molecule has 0 spiro atoms. The third kappa shape index (κ3) is 6.49. The lowest BCUT2D eigenvalue weighted by Crippen LogP contribution is -2.47. The van der Waals surface area contributed by atoms with E-state index in [2.05, 4.69) is 26.4 Å². The van der Waals surface area contributed by atoms with Crippen molar-refractivity contribution in [3.8, 4) is 22.7 Å². The molecular formula is C38H42ClFN10O2. The molecule has 0 aliphatic carbocycles. The number of methoxy groups -OCH3 is 1. The number of nitrogens with zero attached hydrogens (tertiary/aromatic N) is 9. The summed E-state index contributed by atoms with van der Waals surface area (Å²) in [7, 11) is 3.46. The molecule has 52 heavy (non-hydrogen) atoms. The molecule has 0 radical (unpaired) electrons. The molecular weight excluding hydrogens is 683 g/mol. The van der Waals surface area contributed by atoms with Crippen LogP contribution in [0.2, 0.25) is 0 Å². The lowest BCUT2D eigenvalue weighted by Gasteiger charge is -2.31. The Morgan fingerprint density at radius 3 is 2.77 bits per heavy atom. The molecule has 6 aromatic rings. The molecule has 0 saturated carbocycles. The molecule has 8 rings (SSSR count). The van der Waals surface area contributed by atoms with E-state index in [1.54, 1.807) is 16.9 Å². The van der Waals surface area contributed by atoms with Crippen LogP contribution in [0.4, 0.5) is 16.0 Å². The smallest absolute Gasteiger partial charge is 0.245 e. The number of fused-ring (bicyclic) bond motifs is 6. The van der Waals surface area contributed by atoms with Gasteiger partial charge in [-0.25, -0.2) is 24.0 Å². The van der Waals surface area contributed by atoms with Crippen LogP contribution in [0.15, 0.2) is 67.1 Å². The van der Waals surface area contributed by atoms with E-state index in [0.717, 1.165) is 46.5 Å². The van der Waals surface area contributed by atoms with Crippen molar-refractivity contribution in [3.05, 3.63) is 78.6 Å². The van der Waals surface area contributed by atoms with Crippen molar-refractivity contribution in [2.24, 2.45) is 7.05 Å². The van der Waals surface area contributed by atoms with Gasteiger partial charge in [0.05, 0.1) is 29.9 Å². The summed E-state index contributed by atoms with van der Waals surface area (Å²) in [6, 6.07) is 15.8. The van der Waals surface area contributed by atoms with Gasteiger partial charge in [-0.3, -0.25) is 9.48 Å². The number of aromatic nitrogens is 7. The van der Waals surface area contributed by atoms with Gasteiger partial charge in [0.1, 0.15) is 41.3 Å².